The molecule has 2 aliphatic carbocycles. The van der Waals surface area contributed by atoms with Gasteiger partial charge >= 0.3 is 6.18 Å². The van der Waals surface area contributed by atoms with Crippen LogP contribution in [0.2, 0.25) is 0 Å². The molecule has 0 aliphatic heterocycles. The summed E-state index contributed by atoms with van der Waals surface area (Å²) >= 11 is 0. The van der Waals surface area contributed by atoms with Crippen LogP contribution >= 0.6 is 0 Å². The van der Waals surface area contributed by atoms with Crippen LogP contribution in [0.3, 0.4) is 0 Å². The second-order valence-electron chi connectivity index (χ2n) is 5.82. The molecule has 1 aromatic rings. The van der Waals surface area contributed by atoms with Crippen molar-refractivity contribution in [1.82, 2.24) is 9.97 Å². The van der Waals surface area contributed by atoms with E-state index in [0.717, 1.165) is 17.9 Å². The molecule has 0 atom stereocenters. The first-order chi connectivity index (χ1) is 9.97. The minimum atomic E-state index is -4.52. The van der Waals surface area contributed by atoms with E-state index in [-0.39, 0.29) is 11.8 Å². The Balaban J connectivity index is 1.71. The number of hydrogen-bond donors (Lipinski definition) is 3. The average molecular weight is 301 g/mol. The summed E-state index contributed by atoms with van der Waals surface area (Å²) in [5.74, 6) is 7.05. The number of hydrazine groups is 1. The summed E-state index contributed by atoms with van der Waals surface area (Å²) in [5.41, 5.74) is 1.08. The number of rotatable bonds is 6. The fraction of sp³-hybridized carbons (Fsp3) is 0.692. The third-order valence-corrected chi connectivity index (χ3v) is 4.12. The van der Waals surface area contributed by atoms with Gasteiger partial charge in [0.05, 0.1) is 0 Å². The van der Waals surface area contributed by atoms with Crippen LogP contribution in [0.15, 0.2) is 6.07 Å². The first kappa shape index (κ1) is 14.4. The first-order valence-corrected chi connectivity index (χ1v) is 7.14. The molecule has 1 aromatic heterocycles. The zero-order valence-electron chi connectivity index (χ0n) is 11.5. The zero-order chi connectivity index (χ0) is 15.0. The third-order valence-electron chi connectivity index (χ3n) is 4.12. The van der Waals surface area contributed by atoms with Gasteiger partial charge in [-0.1, -0.05) is 0 Å². The molecule has 1 heterocycles. The Morgan fingerprint density at radius 3 is 2.29 bits per heavy atom. The van der Waals surface area contributed by atoms with E-state index in [0.29, 0.717) is 12.5 Å². The molecule has 0 unspecified atom stereocenters. The lowest BCUT2D eigenvalue weighted by Gasteiger charge is -2.17. The molecular weight excluding hydrogens is 283 g/mol. The maximum atomic E-state index is 12.8. The van der Waals surface area contributed by atoms with Gasteiger partial charge in [0.25, 0.3) is 0 Å². The highest BCUT2D eigenvalue weighted by molar-refractivity contribution is 5.42. The Hall–Kier alpha value is -1.57. The van der Waals surface area contributed by atoms with Crippen LogP contribution in [-0.2, 0) is 6.18 Å². The molecule has 0 radical (unpaired) electrons. The van der Waals surface area contributed by atoms with Gasteiger partial charge in [-0.15, -0.1) is 0 Å². The van der Waals surface area contributed by atoms with E-state index in [1.165, 1.54) is 25.7 Å². The molecule has 8 heteroatoms. The van der Waals surface area contributed by atoms with Crippen LogP contribution in [0, 0.1) is 17.8 Å². The van der Waals surface area contributed by atoms with Crippen LogP contribution in [0.4, 0.5) is 24.9 Å². The molecule has 2 saturated carbocycles. The minimum absolute atomic E-state index is 0.163. The molecule has 21 heavy (non-hydrogen) atoms. The Labute approximate surface area is 120 Å². The highest BCUT2D eigenvalue weighted by Gasteiger charge is 2.41. The van der Waals surface area contributed by atoms with Gasteiger partial charge in [0.1, 0.15) is 5.82 Å². The Kier molecular flexibility index (Phi) is 3.64. The molecule has 3 rings (SSSR count). The predicted molar refractivity (Wildman–Crippen MR) is 72.3 cm³/mol. The van der Waals surface area contributed by atoms with Crippen LogP contribution in [0.25, 0.3) is 0 Å². The van der Waals surface area contributed by atoms with Crippen molar-refractivity contribution in [2.45, 2.75) is 31.9 Å². The number of halogens is 3. The second kappa shape index (κ2) is 5.32. The molecule has 116 valence electrons. The number of nitrogen functional groups attached to an aromatic ring is 1. The van der Waals surface area contributed by atoms with Gasteiger partial charge in [-0.2, -0.15) is 18.2 Å². The van der Waals surface area contributed by atoms with Crippen molar-refractivity contribution in [3.63, 3.8) is 0 Å². The van der Waals surface area contributed by atoms with E-state index in [1.807, 2.05) is 0 Å². The lowest BCUT2D eigenvalue weighted by molar-refractivity contribution is -0.141. The van der Waals surface area contributed by atoms with Crippen LogP contribution in [0.1, 0.15) is 31.4 Å². The summed E-state index contributed by atoms with van der Waals surface area (Å²) in [4.78, 5) is 7.27. The summed E-state index contributed by atoms with van der Waals surface area (Å²) in [6.07, 6.45) is 0.412. The lowest BCUT2D eigenvalue weighted by Crippen LogP contribution is -2.21. The molecule has 0 aromatic carbocycles. The Bertz CT molecular complexity index is 499. The van der Waals surface area contributed by atoms with Crippen molar-refractivity contribution < 1.29 is 13.2 Å². The van der Waals surface area contributed by atoms with Crippen LogP contribution in [0.5, 0.6) is 0 Å². The molecule has 0 saturated heterocycles. The largest absolute Gasteiger partial charge is 0.433 e. The normalized spacial score (nSPS) is 18.9. The van der Waals surface area contributed by atoms with Gasteiger partial charge in [-0.25, -0.2) is 10.8 Å². The molecule has 2 fully saturated rings. The summed E-state index contributed by atoms with van der Waals surface area (Å²) in [7, 11) is 0. The quantitative estimate of drug-likeness (QED) is 0.556. The van der Waals surface area contributed by atoms with Crippen LogP contribution < -0.4 is 16.6 Å². The fourth-order valence-corrected chi connectivity index (χ4v) is 2.74. The summed E-state index contributed by atoms with van der Waals surface area (Å²) in [6.45, 7) is 0.660. The fourth-order valence-electron chi connectivity index (χ4n) is 2.74. The number of hydrogen-bond acceptors (Lipinski definition) is 5. The number of alkyl halides is 3. The van der Waals surface area contributed by atoms with Crippen molar-refractivity contribution >= 4 is 11.8 Å². The Morgan fingerprint density at radius 2 is 1.81 bits per heavy atom. The topological polar surface area (TPSA) is 75.9 Å². The number of aromatic nitrogens is 2. The molecular formula is C13H18F3N5. The van der Waals surface area contributed by atoms with Crippen molar-refractivity contribution in [1.29, 1.82) is 0 Å². The number of anilines is 2. The van der Waals surface area contributed by atoms with E-state index in [4.69, 9.17) is 5.84 Å². The van der Waals surface area contributed by atoms with E-state index in [1.54, 1.807) is 0 Å². The number of nitrogens with two attached hydrogens (primary N) is 1. The SMILES string of the molecule is NNc1nc(NCC(C2CC2)C2CC2)cc(C(F)(F)F)n1. The highest BCUT2D eigenvalue weighted by Crippen LogP contribution is 2.49. The molecule has 0 bridgehead atoms. The number of nitrogens with zero attached hydrogens (tertiary/aromatic N) is 2. The average Bonchev–Trinajstić information content (AvgIpc) is 3.30. The van der Waals surface area contributed by atoms with Crippen molar-refractivity contribution in [2.24, 2.45) is 23.6 Å². The summed E-state index contributed by atoms with van der Waals surface area (Å²) in [6, 6.07) is 0.928. The van der Waals surface area contributed by atoms with Gasteiger partial charge in [0.2, 0.25) is 5.95 Å². The summed E-state index contributed by atoms with van der Waals surface area (Å²) < 4.78 is 38.3. The monoisotopic (exact) mass is 301 g/mol. The minimum Gasteiger partial charge on any atom is -0.370 e. The molecule has 2 aliphatic rings. The van der Waals surface area contributed by atoms with E-state index < -0.39 is 11.9 Å². The van der Waals surface area contributed by atoms with E-state index >= 15 is 0 Å². The summed E-state index contributed by atoms with van der Waals surface area (Å²) in [5, 5.41) is 3.03. The van der Waals surface area contributed by atoms with Gasteiger partial charge in [-0.3, -0.25) is 5.43 Å². The van der Waals surface area contributed by atoms with Gasteiger partial charge in [-0.05, 0) is 43.4 Å². The molecule has 0 spiro atoms. The van der Waals surface area contributed by atoms with Crippen molar-refractivity contribution in [3.8, 4) is 0 Å². The second-order valence-corrected chi connectivity index (χ2v) is 5.82. The molecule has 0 amide bonds. The van der Waals surface area contributed by atoms with Gasteiger partial charge < -0.3 is 5.32 Å². The highest BCUT2D eigenvalue weighted by atomic mass is 19.4. The third kappa shape index (κ3) is 3.55. The van der Waals surface area contributed by atoms with Crippen molar-refractivity contribution in [3.05, 3.63) is 11.8 Å². The zero-order valence-corrected chi connectivity index (χ0v) is 11.5. The standard InChI is InChI=1S/C13H18F3N5/c14-13(15,16)10-5-11(20-12(19-10)21-17)18-6-9(7-1-2-7)8-3-4-8/h5,7-9H,1-4,6,17H2,(H2,18,19,20,21). The Morgan fingerprint density at radius 1 is 1.19 bits per heavy atom. The lowest BCUT2D eigenvalue weighted by atomic mass is 9.98. The van der Waals surface area contributed by atoms with Gasteiger partial charge in [0, 0.05) is 12.6 Å². The predicted octanol–water partition coefficient (Wildman–Crippen LogP) is 2.63. The van der Waals surface area contributed by atoms with E-state index in [2.05, 4.69) is 20.7 Å². The van der Waals surface area contributed by atoms with Crippen LogP contribution in [-0.4, -0.2) is 16.5 Å². The smallest absolute Gasteiger partial charge is 0.370 e. The maximum Gasteiger partial charge on any atom is 0.433 e. The van der Waals surface area contributed by atoms with Crippen molar-refractivity contribution in [2.75, 3.05) is 17.3 Å². The van der Waals surface area contributed by atoms with E-state index in [9.17, 15) is 13.2 Å². The maximum absolute atomic E-state index is 12.8. The first-order valence-electron chi connectivity index (χ1n) is 7.14. The van der Waals surface area contributed by atoms with Gasteiger partial charge in [0.15, 0.2) is 5.69 Å². The molecule has 5 nitrogen and oxygen atoms in total. The number of nitrogens with one attached hydrogen (secondary N) is 2. The molecule has 4 N–H and O–H groups in total.